The van der Waals surface area contributed by atoms with Gasteiger partial charge in [-0.15, -0.1) is 0 Å². The second kappa shape index (κ2) is 4.82. The Morgan fingerprint density at radius 3 is 2.88 bits per heavy atom. The van der Waals surface area contributed by atoms with E-state index in [4.69, 9.17) is 5.73 Å². The van der Waals surface area contributed by atoms with Crippen molar-refractivity contribution in [1.29, 1.82) is 0 Å². The number of hydrogen-bond acceptors (Lipinski definition) is 4. The molecule has 0 unspecified atom stereocenters. The first-order chi connectivity index (χ1) is 7.66. The molecule has 5 heteroatoms. The summed E-state index contributed by atoms with van der Waals surface area (Å²) in [7, 11) is -0.620. The third-order valence-electron chi connectivity index (χ3n) is 2.94. The maximum atomic E-state index is 11.2. The molecule has 16 heavy (non-hydrogen) atoms. The maximum Gasteiger partial charge on any atom is 0.149 e. The van der Waals surface area contributed by atoms with E-state index in [1.807, 2.05) is 13.0 Å². The predicted molar refractivity (Wildman–Crippen MR) is 67.9 cm³/mol. The van der Waals surface area contributed by atoms with Crippen LogP contribution < -0.4 is 11.1 Å². The normalized spacial score (nSPS) is 25.3. The largest absolute Gasteiger partial charge is 0.396 e. The van der Waals surface area contributed by atoms with Crippen molar-refractivity contribution >= 4 is 22.3 Å². The van der Waals surface area contributed by atoms with E-state index in [0.29, 0.717) is 11.7 Å². The number of pyridine rings is 1. The molecular formula is C11H17N3OS. The van der Waals surface area contributed by atoms with Crippen LogP contribution in [0.1, 0.15) is 18.4 Å². The van der Waals surface area contributed by atoms with Crippen molar-refractivity contribution in [2.45, 2.75) is 25.8 Å². The molecule has 2 rings (SSSR count). The molecule has 0 radical (unpaired) electrons. The van der Waals surface area contributed by atoms with Crippen LogP contribution in [0.25, 0.3) is 0 Å². The van der Waals surface area contributed by atoms with Gasteiger partial charge in [0.15, 0.2) is 0 Å². The number of anilines is 2. The molecule has 1 aliphatic heterocycles. The highest BCUT2D eigenvalue weighted by atomic mass is 32.2. The summed E-state index contributed by atoms with van der Waals surface area (Å²) in [5.74, 6) is 2.32. The molecule has 3 N–H and O–H groups in total. The van der Waals surface area contributed by atoms with Crippen molar-refractivity contribution in [3.05, 3.63) is 17.8 Å². The Balaban J connectivity index is 2.04. The quantitative estimate of drug-likeness (QED) is 0.816. The van der Waals surface area contributed by atoms with E-state index < -0.39 is 10.8 Å². The maximum absolute atomic E-state index is 11.2. The Morgan fingerprint density at radius 2 is 2.19 bits per heavy atom. The lowest BCUT2D eigenvalue weighted by molar-refractivity contribution is 0.623. The van der Waals surface area contributed by atoms with Crippen LogP contribution in [0.3, 0.4) is 0 Å². The smallest absolute Gasteiger partial charge is 0.149 e. The van der Waals surface area contributed by atoms with Crippen LogP contribution in [0.5, 0.6) is 0 Å². The molecule has 1 saturated heterocycles. The average molecular weight is 239 g/mol. The summed E-state index contributed by atoms with van der Waals surface area (Å²) >= 11 is 0. The minimum Gasteiger partial charge on any atom is -0.396 e. The number of aromatic nitrogens is 1. The summed E-state index contributed by atoms with van der Waals surface area (Å²) < 4.78 is 11.2. The zero-order valence-corrected chi connectivity index (χ0v) is 10.2. The molecule has 0 atom stereocenters. The van der Waals surface area contributed by atoms with Crippen LogP contribution in [-0.4, -0.2) is 26.7 Å². The van der Waals surface area contributed by atoms with Crippen molar-refractivity contribution in [2.24, 2.45) is 0 Å². The van der Waals surface area contributed by atoms with E-state index in [9.17, 15) is 4.21 Å². The zero-order chi connectivity index (χ0) is 11.5. The fourth-order valence-corrected chi connectivity index (χ4v) is 3.12. The Labute approximate surface area is 98.1 Å². The SMILES string of the molecule is Cc1ccnc(NC2CCS(=O)CC2)c1N. The van der Waals surface area contributed by atoms with Gasteiger partial charge in [0.25, 0.3) is 0 Å². The van der Waals surface area contributed by atoms with E-state index >= 15 is 0 Å². The van der Waals surface area contributed by atoms with Crippen LogP contribution in [0, 0.1) is 6.92 Å². The van der Waals surface area contributed by atoms with Gasteiger partial charge in [-0.3, -0.25) is 4.21 Å². The molecule has 0 bridgehead atoms. The predicted octanol–water partition coefficient (Wildman–Crippen LogP) is 1.30. The minimum atomic E-state index is -0.620. The second-order valence-electron chi connectivity index (χ2n) is 4.16. The molecule has 0 aromatic carbocycles. The molecule has 2 heterocycles. The molecular weight excluding hydrogens is 222 g/mol. The van der Waals surface area contributed by atoms with Gasteiger partial charge in [0.2, 0.25) is 0 Å². The Morgan fingerprint density at radius 1 is 1.50 bits per heavy atom. The van der Waals surface area contributed by atoms with Gasteiger partial charge in [-0.25, -0.2) is 4.98 Å². The van der Waals surface area contributed by atoms with Crippen molar-refractivity contribution < 1.29 is 4.21 Å². The first kappa shape index (κ1) is 11.4. The highest BCUT2D eigenvalue weighted by molar-refractivity contribution is 7.85. The van der Waals surface area contributed by atoms with Gasteiger partial charge >= 0.3 is 0 Å². The number of nitrogen functional groups attached to an aromatic ring is 1. The lowest BCUT2D eigenvalue weighted by Gasteiger charge is -2.23. The summed E-state index contributed by atoms with van der Waals surface area (Å²) in [6.07, 6.45) is 3.62. The molecule has 1 aromatic rings. The van der Waals surface area contributed by atoms with Gasteiger partial charge in [-0.1, -0.05) is 0 Å². The van der Waals surface area contributed by atoms with Gasteiger partial charge < -0.3 is 11.1 Å². The van der Waals surface area contributed by atoms with Crippen LogP contribution in [0.15, 0.2) is 12.3 Å². The van der Waals surface area contributed by atoms with E-state index in [1.165, 1.54) is 0 Å². The van der Waals surface area contributed by atoms with Crippen LogP contribution in [0.4, 0.5) is 11.5 Å². The number of aryl methyl sites for hydroxylation is 1. The molecule has 0 amide bonds. The first-order valence-electron chi connectivity index (χ1n) is 5.49. The van der Waals surface area contributed by atoms with E-state index in [2.05, 4.69) is 10.3 Å². The monoisotopic (exact) mass is 239 g/mol. The third-order valence-corrected chi connectivity index (χ3v) is 4.32. The molecule has 4 nitrogen and oxygen atoms in total. The fourth-order valence-electron chi connectivity index (χ4n) is 1.82. The minimum absolute atomic E-state index is 0.356. The summed E-state index contributed by atoms with van der Waals surface area (Å²) in [5.41, 5.74) is 7.70. The molecule has 1 aromatic heterocycles. The number of nitrogens with two attached hydrogens (primary N) is 1. The topological polar surface area (TPSA) is 68.0 Å². The molecule has 1 aliphatic rings. The molecule has 0 saturated carbocycles. The van der Waals surface area contributed by atoms with E-state index in [-0.39, 0.29) is 0 Å². The Bertz CT molecular complexity index is 398. The van der Waals surface area contributed by atoms with Gasteiger partial charge in [-0.05, 0) is 31.4 Å². The van der Waals surface area contributed by atoms with Gasteiger partial charge in [0.05, 0.1) is 5.69 Å². The van der Waals surface area contributed by atoms with Gasteiger partial charge in [0, 0.05) is 34.5 Å². The summed E-state index contributed by atoms with van der Waals surface area (Å²) in [6.45, 7) is 1.97. The Kier molecular flexibility index (Phi) is 3.43. The number of rotatable bonds is 2. The van der Waals surface area contributed by atoms with Crippen molar-refractivity contribution in [2.75, 3.05) is 22.6 Å². The lowest BCUT2D eigenvalue weighted by Crippen LogP contribution is -2.30. The van der Waals surface area contributed by atoms with Crippen LogP contribution >= 0.6 is 0 Å². The highest BCUT2D eigenvalue weighted by Crippen LogP contribution is 2.22. The lowest BCUT2D eigenvalue weighted by atomic mass is 10.1. The van der Waals surface area contributed by atoms with Crippen molar-refractivity contribution in [1.82, 2.24) is 4.98 Å². The summed E-state index contributed by atoms with van der Waals surface area (Å²) in [6, 6.07) is 2.26. The number of nitrogens with one attached hydrogen (secondary N) is 1. The third kappa shape index (κ3) is 2.52. The second-order valence-corrected chi connectivity index (χ2v) is 5.85. The molecule has 88 valence electrons. The van der Waals surface area contributed by atoms with Gasteiger partial charge in [0.1, 0.15) is 5.82 Å². The fraction of sp³-hybridized carbons (Fsp3) is 0.545. The zero-order valence-electron chi connectivity index (χ0n) is 9.40. The average Bonchev–Trinajstić information content (AvgIpc) is 2.28. The first-order valence-corrected chi connectivity index (χ1v) is 6.98. The highest BCUT2D eigenvalue weighted by Gasteiger charge is 2.18. The van der Waals surface area contributed by atoms with E-state index in [0.717, 1.165) is 35.7 Å². The van der Waals surface area contributed by atoms with E-state index in [1.54, 1.807) is 6.20 Å². The standard InChI is InChI=1S/C11H17N3OS/c1-8-2-5-13-11(10(8)12)14-9-3-6-16(15)7-4-9/h2,5,9H,3-4,6-7,12H2,1H3,(H,13,14). The van der Waals surface area contributed by atoms with Crippen LogP contribution in [0.2, 0.25) is 0 Å². The number of nitrogens with zero attached hydrogens (tertiary/aromatic N) is 1. The van der Waals surface area contributed by atoms with Gasteiger partial charge in [-0.2, -0.15) is 0 Å². The number of hydrogen-bond donors (Lipinski definition) is 2. The molecule has 0 spiro atoms. The molecule has 1 fully saturated rings. The Hall–Kier alpha value is -1.10. The van der Waals surface area contributed by atoms with Crippen molar-refractivity contribution in [3.8, 4) is 0 Å². The summed E-state index contributed by atoms with van der Waals surface area (Å²) in [5, 5.41) is 3.34. The van der Waals surface area contributed by atoms with Crippen molar-refractivity contribution in [3.63, 3.8) is 0 Å². The molecule has 0 aliphatic carbocycles. The summed E-state index contributed by atoms with van der Waals surface area (Å²) in [4.78, 5) is 4.24. The van der Waals surface area contributed by atoms with Crippen LogP contribution in [-0.2, 0) is 10.8 Å².